The number of nitrogens with two attached hydrogens (primary N) is 1. The lowest BCUT2D eigenvalue weighted by atomic mass is 10.2. The molecule has 80 valence electrons. The molecule has 0 atom stereocenters. The van der Waals surface area contributed by atoms with Crippen LogP contribution in [0.3, 0.4) is 0 Å². The maximum absolute atomic E-state index is 10.9. The van der Waals surface area contributed by atoms with Crippen LogP contribution in [-0.2, 0) is 0 Å². The Kier molecular flexibility index (Phi) is 2.88. The van der Waals surface area contributed by atoms with Crippen LogP contribution in [0.4, 0.5) is 4.79 Å². The van der Waals surface area contributed by atoms with Gasteiger partial charge >= 0.3 is 6.03 Å². The number of carbonyl (C=O) groups excluding carboxylic acids is 1. The third-order valence-electron chi connectivity index (χ3n) is 3.01. The van der Waals surface area contributed by atoms with E-state index in [-0.39, 0.29) is 6.03 Å². The molecule has 0 aliphatic carbocycles. The van der Waals surface area contributed by atoms with E-state index in [1.165, 1.54) is 19.3 Å². The molecule has 5 nitrogen and oxygen atoms in total. The monoisotopic (exact) mass is 198 g/mol. The first-order valence-electron chi connectivity index (χ1n) is 5.31. The molecular formula is C9H18N4O. The van der Waals surface area contributed by atoms with Crippen LogP contribution in [0.1, 0.15) is 19.3 Å². The minimum absolute atomic E-state index is 0.301. The van der Waals surface area contributed by atoms with Crippen LogP contribution in [0.15, 0.2) is 0 Å². The third kappa shape index (κ3) is 1.99. The van der Waals surface area contributed by atoms with E-state index in [4.69, 9.17) is 5.73 Å². The maximum Gasteiger partial charge on any atom is 0.315 e. The highest BCUT2D eigenvalue weighted by atomic mass is 16.2. The fourth-order valence-corrected chi connectivity index (χ4v) is 2.15. The van der Waals surface area contributed by atoms with Crippen molar-refractivity contribution in [2.45, 2.75) is 19.3 Å². The van der Waals surface area contributed by atoms with Crippen molar-refractivity contribution in [1.82, 2.24) is 14.9 Å². The van der Waals surface area contributed by atoms with Gasteiger partial charge in [0.1, 0.15) is 0 Å². The minimum atomic E-state index is -0.301. The van der Waals surface area contributed by atoms with E-state index in [0.717, 1.165) is 26.2 Å². The molecule has 2 rings (SSSR count). The van der Waals surface area contributed by atoms with E-state index in [1.54, 1.807) is 4.90 Å². The van der Waals surface area contributed by atoms with Gasteiger partial charge in [0, 0.05) is 26.2 Å². The number of hydrogen-bond donors (Lipinski definition) is 1. The van der Waals surface area contributed by atoms with Crippen molar-refractivity contribution in [3.05, 3.63) is 0 Å². The summed E-state index contributed by atoms with van der Waals surface area (Å²) in [6.07, 6.45) is 3.88. The van der Waals surface area contributed by atoms with Gasteiger partial charge in [0.2, 0.25) is 0 Å². The lowest BCUT2D eigenvalue weighted by Crippen LogP contribution is -2.45. The Morgan fingerprint density at radius 2 is 1.64 bits per heavy atom. The molecule has 0 radical (unpaired) electrons. The molecule has 2 amide bonds. The van der Waals surface area contributed by atoms with E-state index in [9.17, 15) is 4.79 Å². The Hall–Kier alpha value is -0.810. The lowest BCUT2D eigenvalue weighted by molar-refractivity contribution is -0.0276. The second kappa shape index (κ2) is 4.14. The van der Waals surface area contributed by atoms with Crippen LogP contribution in [0.5, 0.6) is 0 Å². The zero-order valence-electron chi connectivity index (χ0n) is 8.48. The molecule has 14 heavy (non-hydrogen) atoms. The maximum atomic E-state index is 10.9. The van der Waals surface area contributed by atoms with E-state index in [2.05, 4.69) is 10.0 Å². The molecule has 5 heteroatoms. The van der Waals surface area contributed by atoms with E-state index in [1.807, 2.05) is 0 Å². The number of rotatable bonds is 1. The normalized spacial score (nSPS) is 25.6. The van der Waals surface area contributed by atoms with Gasteiger partial charge in [0.25, 0.3) is 0 Å². The summed E-state index contributed by atoms with van der Waals surface area (Å²) in [6, 6.07) is -0.301. The molecule has 0 spiro atoms. The summed E-state index contributed by atoms with van der Waals surface area (Å²) in [5.74, 6) is 0. The van der Waals surface area contributed by atoms with Gasteiger partial charge in [-0.15, -0.1) is 0 Å². The van der Waals surface area contributed by atoms with Gasteiger partial charge in [0.15, 0.2) is 0 Å². The summed E-state index contributed by atoms with van der Waals surface area (Å²) in [5.41, 5.74) is 5.23. The average Bonchev–Trinajstić information content (AvgIpc) is 2.68. The van der Waals surface area contributed by atoms with Crippen molar-refractivity contribution in [2.75, 3.05) is 32.8 Å². The summed E-state index contributed by atoms with van der Waals surface area (Å²) < 4.78 is 0. The second-order valence-electron chi connectivity index (χ2n) is 3.99. The SMILES string of the molecule is NC(=O)N1CCN(N2CCCCC2)C1. The zero-order valence-corrected chi connectivity index (χ0v) is 8.48. The van der Waals surface area contributed by atoms with Gasteiger partial charge < -0.3 is 10.6 Å². The summed E-state index contributed by atoms with van der Waals surface area (Å²) in [7, 11) is 0. The highest BCUT2D eigenvalue weighted by molar-refractivity contribution is 5.72. The Morgan fingerprint density at radius 3 is 2.21 bits per heavy atom. The van der Waals surface area contributed by atoms with Gasteiger partial charge in [-0.3, -0.25) is 0 Å². The summed E-state index contributed by atoms with van der Waals surface area (Å²) in [6.45, 7) is 4.64. The molecule has 2 saturated heterocycles. The molecule has 2 N–H and O–H groups in total. The Bertz CT molecular complexity index is 215. The van der Waals surface area contributed by atoms with Crippen LogP contribution in [0.2, 0.25) is 0 Å². The van der Waals surface area contributed by atoms with Crippen molar-refractivity contribution < 1.29 is 4.79 Å². The van der Waals surface area contributed by atoms with Crippen molar-refractivity contribution in [3.63, 3.8) is 0 Å². The molecule has 2 fully saturated rings. The number of piperidine rings is 1. The predicted octanol–water partition coefficient (Wildman–Crippen LogP) is 0.0411. The molecule has 0 aromatic heterocycles. The quantitative estimate of drug-likeness (QED) is 0.647. The molecule has 0 bridgehead atoms. The fourth-order valence-electron chi connectivity index (χ4n) is 2.15. The summed E-state index contributed by atoms with van der Waals surface area (Å²) >= 11 is 0. The van der Waals surface area contributed by atoms with Crippen LogP contribution in [0.25, 0.3) is 0 Å². The Balaban J connectivity index is 1.85. The van der Waals surface area contributed by atoms with E-state index < -0.39 is 0 Å². The van der Waals surface area contributed by atoms with Crippen molar-refractivity contribution in [3.8, 4) is 0 Å². The third-order valence-corrected chi connectivity index (χ3v) is 3.01. The van der Waals surface area contributed by atoms with E-state index >= 15 is 0 Å². The number of urea groups is 1. The summed E-state index contributed by atoms with van der Waals surface area (Å²) in [5, 5.41) is 4.59. The first kappa shape index (κ1) is 9.73. The van der Waals surface area contributed by atoms with Crippen LogP contribution < -0.4 is 5.73 Å². The van der Waals surface area contributed by atoms with Crippen LogP contribution in [-0.4, -0.2) is 53.8 Å². The fraction of sp³-hybridized carbons (Fsp3) is 0.889. The Morgan fingerprint density at radius 1 is 0.929 bits per heavy atom. The number of carbonyl (C=O) groups is 1. The van der Waals surface area contributed by atoms with Gasteiger partial charge in [-0.25, -0.2) is 14.8 Å². The Labute approximate surface area is 84.4 Å². The van der Waals surface area contributed by atoms with Crippen molar-refractivity contribution >= 4 is 6.03 Å². The van der Waals surface area contributed by atoms with Gasteiger partial charge in [-0.2, -0.15) is 0 Å². The largest absolute Gasteiger partial charge is 0.351 e. The van der Waals surface area contributed by atoms with Crippen LogP contribution >= 0.6 is 0 Å². The topological polar surface area (TPSA) is 52.8 Å². The molecule has 2 heterocycles. The molecule has 0 aromatic rings. The molecule has 0 saturated carbocycles. The van der Waals surface area contributed by atoms with Crippen LogP contribution in [0, 0.1) is 0 Å². The van der Waals surface area contributed by atoms with E-state index in [0.29, 0.717) is 6.67 Å². The number of nitrogens with zero attached hydrogens (tertiary/aromatic N) is 3. The molecule has 0 aromatic carbocycles. The average molecular weight is 198 g/mol. The number of primary amides is 1. The highest BCUT2D eigenvalue weighted by Gasteiger charge is 2.27. The zero-order chi connectivity index (χ0) is 9.97. The first-order chi connectivity index (χ1) is 6.77. The molecular weight excluding hydrogens is 180 g/mol. The molecule has 0 unspecified atom stereocenters. The lowest BCUT2D eigenvalue weighted by Gasteiger charge is -2.34. The number of amides is 2. The van der Waals surface area contributed by atoms with Gasteiger partial charge in [-0.1, -0.05) is 6.42 Å². The van der Waals surface area contributed by atoms with Gasteiger partial charge in [-0.05, 0) is 12.8 Å². The minimum Gasteiger partial charge on any atom is -0.351 e. The smallest absolute Gasteiger partial charge is 0.315 e. The number of hydrazine groups is 1. The molecule has 2 aliphatic heterocycles. The molecule has 2 aliphatic rings. The highest BCUT2D eigenvalue weighted by Crippen LogP contribution is 2.14. The number of hydrogen-bond acceptors (Lipinski definition) is 3. The van der Waals surface area contributed by atoms with Crippen molar-refractivity contribution in [2.24, 2.45) is 5.73 Å². The summed E-state index contributed by atoms with van der Waals surface area (Å²) in [4.78, 5) is 12.6. The second-order valence-corrected chi connectivity index (χ2v) is 3.99. The predicted molar refractivity (Wildman–Crippen MR) is 53.3 cm³/mol. The standard InChI is InChI=1S/C9H18N4O/c10-9(14)11-6-7-13(8-11)12-4-2-1-3-5-12/h1-8H2,(H2,10,14). The van der Waals surface area contributed by atoms with Gasteiger partial charge in [0.05, 0.1) is 6.67 Å². The first-order valence-corrected chi connectivity index (χ1v) is 5.31. The van der Waals surface area contributed by atoms with Crippen molar-refractivity contribution in [1.29, 1.82) is 0 Å².